The van der Waals surface area contributed by atoms with Crippen LogP contribution in [0.4, 0.5) is 0 Å². The Hall–Kier alpha value is -6.10. The smallest absolute Gasteiger partial charge is 0.337 e. The van der Waals surface area contributed by atoms with Crippen LogP contribution in [0.1, 0.15) is 53.4 Å². The van der Waals surface area contributed by atoms with Crippen molar-refractivity contribution in [2.75, 3.05) is 61.0 Å². The molecule has 1 saturated carbocycles. The molecule has 34 heteroatoms. The van der Waals surface area contributed by atoms with Crippen LogP contribution in [0.2, 0.25) is 0 Å². The molecule has 0 aromatic heterocycles. The standard InChI is InChI=1S/C61H86O34/c1-8-26-30(34(53(78)81-5)21-86-56(26)93-59-50(75)47(72)44(69)38(16-63)90-59)12-41(66)84-19-25(15-62)29-11-37(89-43(68)14-32-28(10-3)58(88-23-36(32)55(80)83-7)95-61-52(77)49(74)46(71)40(18-65)92-61)24(4)33(29)20-85-42(67)13-31-27(9-2)57(87-22-35(31)54(79)82-6)94-60-51(76)48(73)45(70)39(17-64)91-60/h8-10,21-25,29-33,37-40,44-52,56-65,69-77H,11-20H2,1-7H3/b26-8+,27-9-,28-10-. The molecule has 0 aromatic rings. The number of aliphatic hydroxyl groups is 13. The highest BCUT2D eigenvalue weighted by molar-refractivity contribution is 5.92. The van der Waals surface area contributed by atoms with Crippen LogP contribution in [-0.2, 0) is 99.8 Å². The summed E-state index contributed by atoms with van der Waals surface area (Å²) in [5, 5.41) is 135. The number of rotatable bonds is 25. The zero-order valence-electron chi connectivity index (χ0n) is 52.9. The number of hydrogen-bond donors (Lipinski definition) is 13. The van der Waals surface area contributed by atoms with Crippen molar-refractivity contribution in [1.82, 2.24) is 0 Å². The molecule has 6 heterocycles. The van der Waals surface area contributed by atoms with E-state index in [1.807, 2.05) is 0 Å². The van der Waals surface area contributed by atoms with Crippen LogP contribution < -0.4 is 0 Å². The largest absolute Gasteiger partial charge is 0.468 e. The third-order valence-electron chi connectivity index (χ3n) is 18.1. The number of carbonyl (C=O) groups is 6. The van der Waals surface area contributed by atoms with Crippen molar-refractivity contribution in [3.63, 3.8) is 0 Å². The lowest BCUT2D eigenvalue weighted by atomic mass is 9.82. The molecule has 95 heavy (non-hydrogen) atoms. The molecular formula is C61H86O34. The normalized spacial score (nSPS) is 38.8. The Morgan fingerprint density at radius 1 is 0.495 bits per heavy atom. The first kappa shape index (κ1) is 76.3. The maximum atomic E-state index is 14.4. The molecule has 0 bridgehead atoms. The van der Waals surface area contributed by atoms with Crippen LogP contribution in [0, 0.1) is 41.4 Å². The second-order valence-electron chi connectivity index (χ2n) is 23.5. The fourth-order valence-electron chi connectivity index (χ4n) is 12.6. The third kappa shape index (κ3) is 17.1. The molecule has 0 amide bonds. The second-order valence-corrected chi connectivity index (χ2v) is 23.5. The number of allylic oxidation sites excluding steroid dienone is 3. The van der Waals surface area contributed by atoms with E-state index in [2.05, 4.69) is 0 Å². The van der Waals surface area contributed by atoms with Gasteiger partial charge in [0.2, 0.25) is 18.9 Å². The Bertz CT molecular complexity index is 2850. The van der Waals surface area contributed by atoms with Gasteiger partial charge in [-0.15, -0.1) is 0 Å². The van der Waals surface area contributed by atoms with Crippen LogP contribution >= 0.6 is 0 Å². The van der Waals surface area contributed by atoms with Gasteiger partial charge in [-0.1, -0.05) is 25.2 Å². The SMILES string of the molecule is C/C=C1\C(OC2OC(CO)C(O)C(O)C2O)OC=C(C(=O)OC)C1CC(=O)OCC1C(C)C(OC(=O)CC2C(C(=O)OC)=COC(OC3OC(CO)C(O)C(O)C3O)/C2=C\C)CC1C(CO)COC(=O)CC1C(C(=O)OC)=COC(OC2OC(CO)C(O)C(O)C2O)/C1=C/C. The van der Waals surface area contributed by atoms with Crippen LogP contribution in [0.3, 0.4) is 0 Å². The quantitative estimate of drug-likeness (QED) is 0.0232. The number of hydrogen-bond acceptors (Lipinski definition) is 34. The summed E-state index contributed by atoms with van der Waals surface area (Å²) in [6.07, 6.45) is -26.1. The number of esters is 6. The molecule has 13 N–H and O–H groups in total. The van der Waals surface area contributed by atoms with Gasteiger partial charge < -0.3 is 137 Å². The Morgan fingerprint density at radius 2 is 0.832 bits per heavy atom. The molecule has 6 aliphatic heterocycles. The summed E-state index contributed by atoms with van der Waals surface area (Å²) in [6.45, 7) is 2.07. The lowest BCUT2D eigenvalue weighted by Crippen LogP contribution is -2.60. The Kier molecular flexibility index (Phi) is 27.6. The second kappa shape index (κ2) is 34.4. The Labute approximate surface area is 543 Å². The highest BCUT2D eigenvalue weighted by Crippen LogP contribution is 2.46. The van der Waals surface area contributed by atoms with E-state index in [4.69, 9.17) is 71.1 Å². The summed E-state index contributed by atoms with van der Waals surface area (Å²) in [5.74, 6) is -12.8. The van der Waals surface area contributed by atoms with Gasteiger partial charge in [0.25, 0.3) is 0 Å². The predicted molar refractivity (Wildman–Crippen MR) is 308 cm³/mol. The maximum Gasteiger partial charge on any atom is 0.337 e. The first-order valence-electron chi connectivity index (χ1n) is 30.6. The minimum Gasteiger partial charge on any atom is -0.468 e. The predicted octanol–water partition coefficient (Wildman–Crippen LogP) is -4.59. The molecule has 3 saturated heterocycles. The average molecular weight is 1360 g/mol. The molecule has 7 aliphatic rings. The van der Waals surface area contributed by atoms with Gasteiger partial charge in [0, 0.05) is 52.9 Å². The molecule has 1 aliphatic carbocycles. The molecule has 26 atom stereocenters. The summed E-state index contributed by atoms with van der Waals surface area (Å²) >= 11 is 0. The topological polar surface area (TPSA) is 504 Å². The van der Waals surface area contributed by atoms with Gasteiger partial charge in [0.15, 0.2) is 18.9 Å². The fourth-order valence-corrected chi connectivity index (χ4v) is 12.6. The van der Waals surface area contributed by atoms with Crippen molar-refractivity contribution < 1.29 is 166 Å². The van der Waals surface area contributed by atoms with E-state index in [-0.39, 0.29) is 39.9 Å². The van der Waals surface area contributed by atoms with Crippen LogP contribution in [0.5, 0.6) is 0 Å². The molecule has 0 aromatic carbocycles. The number of ether oxygens (including phenoxy) is 15. The number of carbonyl (C=O) groups excluding carboxylic acids is 6. The average Bonchev–Trinajstić information content (AvgIpc) is 1.10. The van der Waals surface area contributed by atoms with E-state index in [9.17, 15) is 95.2 Å². The summed E-state index contributed by atoms with van der Waals surface area (Å²) in [4.78, 5) is 82.6. The summed E-state index contributed by atoms with van der Waals surface area (Å²) in [5.41, 5.74) is -0.281. The van der Waals surface area contributed by atoms with E-state index in [0.29, 0.717) is 0 Å². The molecule has 26 unspecified atom stereocenters. The lowest BCUT2D eigenvalue weighted by molar-refractivity contribution is -0.327. The van der Waals surface area contributed by atoms with Gasteiger partial charge in [0.05, 0.1) is 109 Å². The van der Waals surface area contributed by atoms with Gasteiger partial charge in [-0.05, 0) is 39.0 Å². The first-order chi connectivity index (χ1) is 45.3. The zero-order valence-corrected chi connectivity index (χ0v) is 52.9. The third-order valence-corrected chi connectivity index (χ3v) is 18.1. The van der Waals surface area contributed by atoms with Crippen LogP contribution in [0.25, 0.3) is 0 Å². The minimum absolute atomic E-state index is 0.0957. The highest BCUT2D eigenvalue weighted by atomic mass is 16.8. The van der Waals surface area contributed by atoms with E-state index in [1.54, 1.807) is 6.92 Å². The Morgan fingerprint density at radius 3 is 1.15 bits per heavy atom. The number of aliphatic hydroxyl groups excluding tert-OH is 13. The maximum absolute atomic E-state index is 14.4. The molecule has 0 radical (unpaired) electrons. The van der Waals surface area contributed by atoms with Crippen molar-refractivity contribution >= 4 is 35.8 Å². The fraction of sp³-hybridized carbons (Fsp3) is 0.705. The molecule has 4 fully saturated rings. The monoisotopic (exact) mass is 1360 g/mol. The van der Waals surface area contributed by atoms with E-state index in [0.717, 1.165) is 40.1 Å². The van der Waals surface area contributed by atoms with Gasteiger partial charge in [-0.2, -0.15) is 0 Å². The van der Waals surface area contributed by atoms with Gasteiger partial charge >= 0.3 is 35.8 Å². The van der Waals surface area contributed by atoms with Crippen molar-refractivity contribution in [2.45, 2.75) is 170 Å². The van der Waals surface area contributed by atoms with Crippen LogP contribution in [0.15, 0.2) is 70.5 Å². The van der Waals surface area contributed by atoms with Gasteiger partial charge in [-0.3, -0.25) is 14.4 Å². The lowest BCUT2D eigenvalue weighted by Gasteiger charge is -2.42. The van der Waals surface area contributed by atoms with Crippen molar-refractivity contribution in [3.8, 4) is 0 Å². The molecule has 7 rings (SSSR count). The van der Waals surface area contributed by atoms with Crippen molar-refractivity contribution in [3.05, 3.63) is 70.5 Å². The van der Waals surface area contributed by atoms with Gasteiger partial charge in [-0.25, -0.2) is 14.4 Å². The molecule has 0 spiro atoms. The van der Waals surface area contributed by atoms with Crippen LogP contribution in [-0.4, -0.2) is 280 Å². The summed E-state index contributed by atoms with van der Waals surface area (Å²) in [6, 6.07) is 0. The van der Waals surface area contributed by atoms with Gasteiger partial charge in [0.1, 0.15) is 79.4 Å². The summed E-state index contributed by atoms with van der Waals surface area (Å²) in [7, 11) is 3.22. The molecule has 34 nitrogen and oxygen atoms in total. The van der Waals surface area contributed by atoms with E-state index in [1.165, 1.54) is 39.0 Å². The first-order valence-corrected chi connectivity index (χ1v) is 30.6. The van der Waals surface area contributed by atoms with Crippen molar-refractivity contribution in [1.29, 1.82) is 0 Å². The summed E-state index contributed by atoms with van der Waals surface area (Å²) < 4.78 is 84.2. The highest BCUT2D eigenvalue weighted by Gasteiger charge is 2.52. The molecule has 534 valence electrons. The molecular weight excluding hydrogens is 1280 g/mol. The van der Waals surface area contributed by atoms with E-state index < -0.39 is 253 Å². The Balaban J connectivity index is 1.13. The zero-order chi connectivity index (χ0) is 69.9. The minimum atomic E-state index is -1.88. The number of methoxy groups -OCH3 is 3. The van der Waals surface area contributed by atoms with Crippen molar-refractivity contribution in [2.24, 2.45) is 41.4 Å². The van der Waals surface area contributed by atoms with E-state index >= 15 is 0 Å².